The summed E-state index contributed by atoms with van der Waals surface area (Å²) in [6.45, 7) is 1.87. The van der Waals surface area contributed by atoms with Crippen LogP contribution in [-0.2, 0) is 14.3 Å². The SMILES string of the molecule is CC(NC(=O)COC(=O)/C=C/c1cnc2ccccc2n1)C12CC3CC(CC(C3)C1)C2. The van der Waals surface area contributed by atoms with Gasteiger partial charge in [-0.25, -0.2) is 9.78 Å². The Labute approximate surface area is 182 Å². The van der Waals surface area contributed by atoms with E-state index in [0.717, 1.165) is 28.8 Å². The summed E-state index contributed by atoms with van der Waals surface area (Å²) in [7, 11) is 0. The summed E-state index contributed by atoms with van der Waals surface area (Å²) in [6.07, 6.45) is 12.3. The molecule has 4 saturated carbocycles. The maximum Gasteiger partial charge on any atom is 0.331 e. The van der Waals surface area contributed by atoms with Crippen LogP contribution in [0.3, 0.4) is 0 Å². The van der Waals surface area contributed by atoms with Gasteiger partial charge in [-0.3, -0.25) is 9.78 Å². The molecule has 6 nitrogen and oxygen atoms in total. The molecule has 1 aromatic heterocycles. The number of aromatic nitrogens is 2. The van der Waals surface area contributed by atoms with Gasteiger partial charge in [-0.1, -0.05) is 12.1 Å². The van der Waals surface area contributed by atoms with Crippen LogP contribution in [0.1, 0.15) is 51.1 Å². The van der Waals surface area contributed by atoms with Crippen molar-refractivity contribution in [2.45, 2.75) is 51.5 Å². The number of benzene rings is 1. The molecule has 0 radical (unpaired) electrons. The van der Waals surface area contributed by atoms with Crippen LogP contribution in [-0.4, -0.2) is 34.5 Å². The van der Waals surface area contributed by atoms with Gasteiger partial charge in [0, 0.05) is 12.1 Å². The Kier molecular flexibility index (Phi) is 5.24. The topological polar surface area (TPSA) is 81.2 Å². The maximum atomic E-state index is 12.4. The largest absolute Gasteiger partial charge is 0.452 e. The van der Waals surface area contributed by atoms with E-state index in [1.54, 1.807) is 12.3 Å². The van der Waals surface area contributed by atoms with E-state index >= 15 is 0 Å². The Balaban J connectivity index is 1.12. The average Bonchev–Trinajstić information content (AvgIpc) is 2.75. The van der Waals surface area contributed by atoms with E-state index in [2.05, 4.69) is 22.2 Å². The fraction of sp³-hybridized carbons (Fsp3) is 0.520. The van der Waals surface area contributed by atoms with E-state index in [9.17, 15) is 9.59 Å². The summed E-state index contributed by atoms with van der Waals surface area (Å²) in [5.74, 6) is 1.73. The third kappa shape index (κ3) is 4.21. The molecule has 1 unspecified atom stereocenters. The number of amides is 1. The number of ether oxygens (including phenoxy) is 1. The van der Waals surface area contributed by atoms with Crippen LogP contribution in [0.25, 0.3) is 17.1 Å². The molecule has 4 fully saturated rings. The lowest BCUT2D eigenvalue weighted by molar-refractivity contribution is -0.145. The minimum atomic E-state index is -0.562. The Bertz CT molecular complexity index is 996. The number of carbonyl (C=O) groups is 2. The molecule has 0 spiro atoms. The van der Waals surface area contributed by atoms with Crippen LogP contribution in [0.15, 0.2) is 36.5 Å². The molecule has 1 aromatic carbocycles. The molecule has 2 aromatic rings. The second-order valence-corrected chi connectivity index (χ2v) is 9.79. The summed E-state index contributed by atoms with van der Waals surface area (Å²) in [4.78, 5) is 33.2. The lowest BCUT2D eigenvalue weighted by Crippen LogP contribution is -2.56. The highest BCUT2D eigenvalue weighted by molar-refractivity contribution is 5.89. The second kappa shape index (κ2) is 8.06. The molecule has 0 saturated heterocycles. The lowest BCUT2D eigenvalue weighted by atomic mass is 9.48. The molecule has 162 valence electrons. The standard InChI is InChI=1S/C25H29N3O3/c1-16(25-11-17-8-18(12-25)10-19(9-17)13-25)27-23(29)15-31-24(30)7-6-20-14-26-21-4-2-3-5-22(21)28-20/h2-7,14,16-19H,8-13,15H2,1H3,(H,27,29)/b7-6+. The van der Waals surface area contributed by atoms with E-state index in [0.29, 0.717) is 5.69 Å². The summed E-state index contributed by atoms with van der Waals surface area (Å²) in [5.41, 5.74) is 2.36. The minimum absolute atomic E-state index is 0.121. The molecular weight excluding hydrogens is 390 g/mol. The first kappa shape index (κ1) is 20.2. The van der Waals surface area contributed by atoms with Gasteiger partial charge in [0.25, 0.3) is 5.91 Å². The number of nitrogens with one attached hydrogen (secondary N) is 1. The Morgan fingerprint density at radius 3 is 2.45 bits per heavy atom. The highest BCUT2D eigenvalue weighted by Gasteiger charge is 2.53. The zero-order valence-electron chi connectivity index (χ0n) is 17.9. The van der Waals surface area contributed by atoms with Crippen molar-refractivity contribution >= 4 is 29.0 Å². The summed E-state index contributed by atoms with van der Waals surface area (Å²) >= 11 is 0. The molecule has 1 heterocycles. The van der Waals surface area contributed by atoms with E-state index in [-0.39, 0.29) is 24.0 Å². The Hall–Kier alpha value is -2.76. The molecule has 4 aliphatic carbocycles. The van der Waals surface area contributed by atoms with E-state index in [1.165, 1.54) is 44.6 Å². The van der Waals surface area contributed by atoms with Crippen molar-refractivity contribution in [3.63, 3.8) is 0 Å². The van der Waals surface area contributed by atoms with Gasteiger partial charge in [0.15, 0.2) is 6.61 Å². The molecule has 4 aliphatic rings. The zero-order valence-corrected chi connectivity index (χ0v) is 17.9. The Morgan fingerprint density at radius 2 is 1.77 bits per heavy atom. The fourth-order valence-corrected chi connectivity index (χ4v) is 6.53. The molecule has 1 atom stereocenters. The molecule has 6 heteroatoms. The van der Waals surface area contributed by atoms with Crippen LogP contribution in [0.5, 0.6) is 0 Å². The van der Waals surface area contributed by atoms with Gasteiger partial charge in [-0.2, -0.15) is 0 Å². The number of hydrogen-bond donors (Lipinski definition) is 1. The highest BCUT2D eigenvalue weighted by Crippen LogP contribution is 2.61. The summed E-state index contributed by atoms with van der Waals surface area (Å²) < 4.78 is 5.15. The molecular formula is C25H29N3O3. The van der Waals surface area contributed by atoms with Crippen LogP contribution >= 0.6 is 0 Å². The molecule has 6 rings (SSSR count). The minimum Gasteiger partial charge on any atom is -0.452 e. The molecule has 0 aliphatic heterocycles. The number of hydrogen-bond acceptors (Lipinski definition) is 5. The van der Waals surface area contributed by atoms with Crippen molar-refractivity contribution < 1.29 is 14.3 Å². The van der Waals surface area contributed by atoms with E-state index in [1.807, 2.05) is 24.3 Å². The highest BCUT2D eigenvalue weighted by atomic mass is 16.5. The van der Waals surface area contributed by atoms with Crippen molar-refractivity contribution in [2.75, 3.05) is 6.61 Å². The van der Waals surface area contributed by atoms with Crippen LogP contribution < -0.4 is 5.32 Å². The second-order valence-electron chi connectivity index (χ2n) is 9.79. The molecule has 1 amide bonds. The molecule has 1 N–H and O–H groups in total. The maximum absolute atomic E-state index is 12.4. The normalized spacial score (nSPS) is 29.9. The van der Waals surface area contributed by atoms with Crippen molar-refractivity contribution in [1.29, 1.82) is 0 Å². The Morgan fingerprint density at radius 1 is 1.13 bits per heavy atom. The third-order valence-corrected chi connectivity index (χ3v) is 7.58. The smallest absolute Gasteiger partial charge is 0.331 e. The average molecular weight is 420 g/mol. The first-order valence-corrected chi connectivity index (χ1v) is 11.3. The molecule has 4 bridgehead atoms. The van der Waals surface area contributed by atoms with Crippen molar-refractivity contribution in [3.05, 3.63) is 42.2 Å². The summed E-state index contributed by atoms with van der Waals surface area (Å²) in [5, 5.41) is 3.12. The number of rotatable bonds is 6. The first-order valence-electron chi connectivity index (χ1n) is 11.3. The van der Waals surface area contributed by atoms with E-state index in [4.69, 9.17) is 4.74 Å². The molecule has 31 heavy (non-hydrogen) atoms. The van der Waals surface area contributed by atoms with Gasteiger partial charge < -0.3 is 10.1 Å². The van der Waals surface area contributed by atoms with Gasteiger partial charge in [0.1, 0.15) is 0 Å². The van der Waals surface area contributed by atoms with Gasteiger partial charge in [0.2, 0.25) is 0 Å². The predicted molar refractivity (Wildman–Crippen MR) is 118 cm³/mol. The quantitative estimate of drug-likeness (QED) is 0.567. The number of carbonyl (C=O) groups excluding carboxylic acids is 2. The lowest BCUT2D eigenvalue weighted by Gasteiger charge is -2.59. The third-order valence-electron chi connectivity index (χ3n) is 7.58. The van der Waals surface area contributed by atoms with Gasteiger partial charge in [0.05, 0.1) is 22.9 Å². The number of nitrogens with zero attached hydrogens (tertiary/aromatic N) is 2. The van der Waals surface area contributed by atoms with Crippen LogP contribution in [0.2, 0.25) is 0 Å². The zero-order chi connectivity index (χ0) is 21.4. The fourth-order valence-electron chi connectivity index (χ4n) is 6.53. The monoisotopic (exact) mass is 419 g/mol. The van der Waals surface area contributed by atoms with Crippen molar-refractivity contribution in [3.8, 4) is 0 Å². The van der Waals surface area contributed by atoms with Crippen LogP contribution in [0.4, 0.5) is 0 Å². The number of para-hydroxylation sites is 2. The summed E-state index contributed by atoms with van der Waals surface area (Å²) in [6, 6.07) is 7.66. The van der Waals surface area contributed by atoms with Gasteiger partial charge in [-0.05, 0) is 86.8 Å². The van der Waals surface area contributed by atoms with Gasteiger partial charge >= 0.3 is 5.97 Å². The first-order chi connectivity index (χ1) is 15.0. The van der Waals surface area contributed by atoms with Crippen molar-refractivity contribution in [2.24, 2.45) is 23.2 Å². The van der Waals surface area contributed by atoms with Gasteiger partial charge in [-0.15, -0.1) is 0 Å². The van der Waals surface area contributed by atoms with Crippen LogP contribution in [0, 0.1) is 23.2 Å². The van der Waals surface area contributed by atoms with E-state index < -0.39 is 5.97 Å². The van der Waals surface area contributed by atoms with Crippen molar-refractivity contribution in [1.82, 2.24) is 15.3 Å². The number of esters is 1. The predicted octanol–water partition coefficient (Wildman–Crippen LogP) is 3.91. The number of fused-ring (bicyclic) bond motifs is 1.